The van der Waals surface area contributed by atoms with Gasteiger partial charge in [-0.25, -0.2) is 0 Å². The van der Waals surface area contributed by atoms with Crippen LogP contribution in [0.15, 0.2) is 24.3 Å². The first-order valence-corrected chi connectivity index (χ1v) is 7.95. The fourth-order valence-electron chi connectivity index (χ4n) is 3.00. The molecule has 0 N–H and O–H groups in total. The van der Waals surface area contributed by atoms with Gasteiger partial charge in [-0.05, 0) is 32.9 Å². The van der Waals surface area contributed by atoms with Crippen LogP contribution in [0.3, 0.4) is 0 Å². The van der Waals surface area contributed by atoms with Gasteiger partial charge in [0.25, 0.3) is 5.91 Å². The summed E-state index contributed by atoms with van der Waals surface area (Å²) >= 11 is 0. The molecule has 3 rings (SSSR count). The largest absolute Gasteiger partial charge is 0.479 e. The summed E-state index contributed by atoms with van der Waals surface area (Å²) in [4.78, 5) is 28.5. The van der Waals surface area contributed by atoms with Crippen LogP contribution in [-0.2, 0) is 14.3 Å². The number of amides is 2. The van der Waals surface area contributed by atoms with Crippen molar-refractivity contribution in [3.05, 3.63) is 24.3 Å². The van der Waals surface area contributed by atoms with Gasteiger partial charge in [-0.2, -0.15) is 0 Å². The van der Waals surface area contributed by atoms with Crippen molar-refractivity contribution in [3.63, 3.8) is 0 Å². The topological polar surface area (TPSA) is 59.1 Å². The lowest BCUT2D eigenvalue weighted by molar-refractivity contribution is -0.143. The first-order chi connectivity index (χ1) is 11.0. The number of carbonyl (C=O) groups is 2. The third-order valence-electron chi connectivity index (χ3n) is 4.30. The highest BCUT2D eigenvalue weighted by Gasteiger charge is 2.35. The van der Waals surface area contributed by atoms with Crippen LogP contribution in [0, 0.1) is 0 Å². The van der Waals surface area contributed by atoms with Gasteiger partial charge in [0.15, 0.2) is 6.10 Å². The number of anilines is 1. The van der Waals surface area contributed by atoms with E-state index in [1.807, 2.05) is 32.0 Å². The van der Waals surface area contributed by atoms with Crippen molar-refractivity contribution < 1.29 is 19.1 Å². The van der Waals surface area contributed by atoms with Crippen LogP contribution in [0.4, 0.5) is 5.69 Å². The molecule has 6 heteroatoms. The Morgan fingerprint density at radius 2 is 2.00 bits per heavy atom. The summed E-state index contributed by atoms with van der Waals surface area (Å²) < 4.78 is 11.2. The summed E-state index contributed by atoms with van der Waals surface area (Å²) in [7, 11) is 0. The van der Waals surface area contributed by atoms with Gasteiger partial charge in [0, 0.05) is 6.54 Å². The van der Waals surface area contributed by atoms with Crippen molar-refractivity contribution in [2.45, 2.75) is 39.0 Å². The number of rotatable bonds is 2. The second-order valence-electron chi connectivity index (χ2n) is 6.19. The average molecular weight is 318 g/mol. The molecule has 1 saturated heterocycles. The minimum atomic E-state index is -0.585. The molecule has 124 valence electrons. The molecule has 1 aromatic carbocycles. The van der Waals surface area contributed by atoms with Crippen LogP contribution in [0.25, 0.3) is 0 Å². The van der Waals surface area contributed by atoms with E-state index in [4.69, 9.17) is 9.47 Å². The first-order valence-electron chi connectivity index (χ1n) is 7.95. The van der Waals surface area contributed by atoms with Crippen molar-refractivity contribution in [2.24, 2.45) is 0 Å². The molecule has 0 unspecified atom stereocenters. The smallest absolute Gasteiger partial charge is 0.268 e. The van der Waals surface area contributed by atoms with E-state index < -0.39 is 6.10 Å². The number of hydrogen-bond donors (Lipinski definition) is 0. The Labute approximate surface area is 136 Å². The molecule has 1 aromatic rings. The van der Waals surface area contributed by atoms with Gasteiger partial charge in [0.1, 0.15) is 12.3 Å². The number of fused-ring (bicyclic) bond motifs is 1. The van der Waals surface area contributed by atoms with Crippen LogP contribution >= 0.6 is 0 Å². The summed E-state index contributed by atoms with van der Waals surface area (Å²) in [5.41, 5.74) is 0.651. The molecule has 6 nitrogen and oxygen atoms in total. The van der Waals surface area contributed by atoms with Gasteiger partial charge < -0.3 is 14.4 Å². The Kier molecular flexibility index (Phi) is 4.26. The number of ether oxygens (including phenoxy) is 2. The standard InChI is InChI=1S/C17H22N2O4/c1-11-10-22-12(2)8-18(11)16(20)9-19-14-6-4-5-7-15(14)23-13(3)17(19)21/h4-7,11-13H,8-10H2,1-3H3/t11-,12+,13-/m0/s1. The van der Waals surface area contributed by atoms with Crippen LogP contribution in [0.5, 0.6) is 5.75 Å². The molecule has 2 aliphatic heterocycles. The molecule has 23 heavy (non-hydrogen) atoms. The lowest BCUT2D eigenvalue weighted by Gasteiger charge is -2.39. The first kappa shape index (κ1) is 15.8. The normalized spacial score (nSPS) is 27.4. The molecule has 2 heterocycles. The predicted octanol–water partition coefficient (Wildman–Crippen LogP) is 1.44. The number of morpholine rings is 1. The zero-order chi connectivity index (χ0) is 16.6. The molecular formula is C17H22N2O4. The van der Waals surface area contributed by atoms with Crippen molar-refractivity contribution >= 4 is 17.5 Å². The van der Waals surface area contributed by atoms with Crippen LogP contribution < -0.4 is 9.64 Å². The Hall–Kier alpha value is -2.08. The number of carbonyl (C=O) groups excluding carboxylic acids is 2. The lowest BCUT2D eigenvalue weighted by Crippen LogP contribution is -2.55. The van der Waals surface area contributed by atoms with Gasteiger partial charge in [-0.1, -0.05) is 12.1 Å². The highest BCUT2D eigenvalue weighted by Crippen LogP contribution is 2.33. The minimum Gasteiger partial charge on any atom is -0.479 e. The number of hydrogen-bond acceptors (Lipinski definition) is 4. The Morgan fingerprint density at radius 1 is 1.26 bits per heavy atom. The van der Waals surface area contributed by atoms with Crippen molar-refractivity contribution in [2.75, 3.05) is 24.6 Å². The maximum absolute atomic E-state index is 12.7. The molecule has 1 fully saturated rings. The second kappa shape index (κ2) is 6.20. The molecule has 0 spiro atoms. The van der Waals surface area contributed by atoms with Gasteiger partial charge in [0.05, 0.1) is 24.4 Å². The fraction of sp³-hybridized carbons (Fsp3) is 0.529. The zero-order valence-corrected chi connectivity index (χ0v) is 13.7. The summed E-state index contributed by atoms with van der Waals surface area (Å²) in [6, 6.07) is 7.32. The van der Waals surface area contributed by atoms with Crippen molar-refractivity contribution in [1.82, 2.24) is 4.90 Å². The molecule has 0 radical (unpaired) electrons. The molecule has 2 amide bonds. The van der Waals surface area contributed by atoms with Crippen LogP contribution in [-0.4, -0.2) is 54.7 Å². The lowest BCUT2D eigenvalue weighted by atomic mass is 10.1. The maximum Gasteiger partial charge on any atom is 0.268 e. The Balaban J connectivity index is 1.81. The summed E-state index contributed by atoms with van der Waals surface area (Å²) in [5.74, 6) is 0.381. The molecular weight excluding hydrogens is 296 g/mol. The third kappa shape index (κ3) is 3.03. The summed E-state index contributed by atoms with van der Waals surface area (Å²) in [6.07, 6.45) is -0.569. The number of nitrogens with zero attached hydrogens (tertiary/aromatic N) is 2. The maximum atomic E-state index is 12.7. The van der Waals surface area contributed by atoms with Gasteiger partial charge >= 0.3 is 0 Å². The van der Waals surface area contributed by atoms with E-state index >= 15 is 0 Å². The monoisotopic (exact) mass is 318 g/mol. The number of benzene rings is 1. The Morgan fingerprint density at radius 3 is 2.78 bits per heavy atom. The predicted molar refractivity (Wildman–Crippen MR) is 85.5 cm³/mol. The van der Waals surface area contributed by atoms with Crippen molar-refractivity contribution in [3.8, 4) is 5.75 Å². The molecule has 2 aliphatic rings. The second-order valence-corrected chi connectivity index (χ2v) is 6.19. The fourth-order valence-corrected chi connectivity index (χ4v) is 3.00. The highest BCUT2D eigenvalue weighted by atomic mass is 16.5. The van der Waals surface area contributed by atoms with E-state index in [1.165, 1.54) is 4.90 Å². The minimum absolute atomic E-state index is 0.0155. The van der Waals surface area contributed by atoms with E-state index in [0.29, 0.717) is 24.6 Å². The third-order valence-corrected chi connectivity index (χ3v) is 4.30. The summed E-state index contributed by atoms with van der Waals surface area (Å²) in [6.45, 7) is 6.72. The van der Waals surface area contributed by atoms with E-state index in [0.717, 1.165) is 0 Å². The zero-order valence-electron chi connectivity index (χ0n) is 13.7. The van der Waals surface area contributed by atoms with E-state index in [9.17, 15) is 9.59 Å². The van der Waals surface area contributed by atoms with Crippen LogP contribution in [0.1, 0.15) is 20.8 Å². The van der Waals surface area contributed by atoms with Gasteiger partial charge in [-0.3, -0.25) is 14.5 Å². The Bertz CT molecular complexity index is 618. The molecule has 0 bridgehead atoms. The quantitative estimate of drug-likeness (QED) is 0.828. The molecule has 0 saturated carbocycles. The van der Waals surface area contributed by atoms with Crippen LogP contribution in [0.2, 0.25) is 0 Å². The molecule has 3 atom stereocenters. The van der Waals surface area contributed by atoms with Gasteiger partial charge in [-0.15, -0.1) is 0 Å². The average Bonchev–Trinajstić information content (AvgIpc) is 2.54. The molecule has 0 aliphatic carbocycles. The van der Waals surface area contributed by atoms with E-state index in [2.05, 4.69) is 0 Å². The van der Waals surface area contributed by atoms with E-state index in [1.54, 1.807) is 17.9 Å². The number of para-hydroxylation sites is 2. The highest BCUT2D eigenvalue weighted by molar-refractivity contribution is 6.03. The molecule has 0 aromatic heterocycles. The van der Waals surface area contributed by atoms with Crippen molar-refractivity contribution in [1.29, 1.82) is 0 Å². The van der Waals surface area contributed by atoms with E-state index in [-0.39, 0.29) is 30.5 Å². The SMILES string of the molecule is C[C@@H]1CN(C(=O)CN2C(=O)[C@H](C)Oc3ccccc32)[C@@H](C)CO1. The summed E-state index contributed by atoms with van der Waals surface area (Å²) in [5, 5.41) is 0. The van der Waals surface area contributed by atoms with Gasteiger partial charge in [0.2, 0.25) is 5.91 Å².